The summed E-state index contributed by atoms with van der Waals surface area (Å²) in [5.41, 5.74) is 1.19. The monoisotopic (exact) mass is 319 g/mol. The molecular weight excluding hydrogens is 290 g/mol. The molecule has 128 valence electrons. The molecule has 23 heavy (non-hydrogen) atoms. The second-order valence-corrected chi connectivity index (χ2v) is 6.75. The summed E-state index contributed by atoms with van der Waals surface area (Å²) in [5.74, 6) is 0.0936. The van der Waals surface area contributed by atoms with Gasteiger partial charge in [-0.05, 0) is 30.2 Å². The largest absolute Gasteiger partial charge is 0.391 e. The summed E-state index contributed by atoms with van der Waals surface area (Å²) < 4.78 is 5.55. The number of amides is 1. The number of ether oxygens (including phenoxy) is 1. The van der Waals surface area contributed by atoms with Crippen LogP contribution in [-0.2, 0) is 9.53 Å². The van der Waals surface area contributed by atoms with Gasteiger partial charge in [-0.25, -0.2) is 0 Å². The van der Waals surface area contributed by atoms with Crippen LogP contribution in [0.15, 0.2) is 30.3 Å². The first-order valence-corrected chi connectivity index (χ1v) is 8.65. The normalized spacial score (nSPS) is 24.2. The van der Waals surface area contributed by atoms with E-state index in [-0.39, 0.29) is 29.7 Å². The number of aliphatic hydroxyl groups excluding tert-OH is 1. The molecule has 2 N–H and O–H groups in total. The lowest BCUT2D eigenvalue weighted by molar-refractivity contribution is -0.132. The van der Waals surface area contributed by atoms with Crippen molar-refractivity contribution >= 4 is 5.91 Å². The highest BCUT2D eigenvalue weighted by Crippen LogP contribution is 2.32. The molecule has 0 bridgehead atoms. The van der Waals surface area contributed by atoms with Crippen molar-refractivity contribution in [1.82, 2.24) is 5.32 Å². The number of rotatable bonds is 6. The molecule has 0 spiro atoms. The van der Waals surface area contributed by atoms with E-state index in [4.69, 9.17) is 4.74 Å². The van der Waals surface area contributed by atoms with E-state index in [1.807, 2.05) is 39.0 Å². The average Bonchev–Trinajstić information content (AvgIpc) is 2.59. The average molecular weight is 319 g/mol. The Morgan fingerprint density at radius 1 is 1.35 bits per heavy atom. The number of carbonyl (C=O) groups is 1. The van der Waals surface area contributed by atoms with Crippen LogP contribution in [0.2, 0.25) is 0 Å². The van der Waals surface area contributed by atoms with Crippen LogP contribution in [-0.4, -0.2) is 36.4 Å². The van der Waals surface area contributed by atoms with E-state index in [0.717, 1.165) is 6.42 Å². The standard InChI is InChI=1S/C19H29NO3/c1-4-17(18(21)13(2)3)20-19(22)16-12-23-11-10-15(16)14-8-6-5-7-9-14/h5-9,13,15-18,21H,4,10-12H2,1-3H3,(H,20,22)/t15-,16-,17?,18?/m1/s1. The molecule has 4 atom stereocenters. The number of benzene rings is 1. The Balaban J connectivity index is 2.09. The van der Waals surface area contributed by atoms with Crippen LogP contribution in [0.3, 0.4) is 0 Å². The third kappa shape index (κ3) is 4.55. The molecule has 1 aromatic carbocycles. The summed E-state index contributed by atoms with van der Waals surface area (Å²) in [6.07, 6.45) is 1.05. The third-order valence-corrected chi connectivity index (χ3v) is 4.78. The summed E-state index contributed by atoms with van der Waals surface area (Å²) in [6.45, 7) is 7.06. The summed E-state index contributed by atoms with van der Waals surface area (Å²) in [6, 6.07) is 9.96. The molecule has 0 saturated carbocycles. The van der Waals surface area contributed by atoms with E-state index in [1.165, 1.54) is 5.56 Å². The zero-order valence-electron chi connectivity index (χ0n) is 14.4. The molecule has 0 aliphatic carbocycles. The lowest BCUT2D eigenvalue weighted by Gasteiger charge is -2.33. The van der Waals surface area contributed by atoms with Gasteiger partial charge in [-0.15, -0.1) is 0 Å². The Bertz CT molecular complexity index is 489. The molecule has 1 aliphatic rings. The molecule has 1 fully saturated rings. The number of carbonyl (C=O) groups excluding carboxylic acids is 1. The first-order chi connectivity index (χ1) is 11.0. The summed E-state index contributed by atoms with van der Waals surface area (Å²) in [7, 11) is 0. The van der Waals surface area contributed by atoms with Gasteiger partial charge in [0.1, 0.15) is 0 Å². The van der Waals surface area contributed by atoms with Crippen LogP contribution >= 0.6 is 0 Å². The Morgan fingerprint density at radius 2 is 2.04 bits per heavy atom. The van der Waals surface area contributed by atoms with Crippen molar-refractivity contribution in [2.75, 3.05) is 13.2 Å². The second-order valence-electron chi connectivity index (χ2n) is 6.75. The molecule has 1 aliphatic heterocycles. The molecule has 0 aromatic heterocycles. The molecule has 1 amide bonds. The molecule has 1 heterocycles. The van der Waals surface area contributed by atoms with Gasteiger partial charge in [0.2, 0.25) is 5.91 Å². The Labute approximate surface area is 139 Å². The number of hydrogen-bond donors (Lipinski definition) is 2. The minimum absolute atomic E-state index is 0.00916. The maximum atomic E-state index is 12.8. The molecule has 1 aromatic rings. The topological polar surface area (TPSA) is 58.6 Å². The maximum Gasteiger partial charge on any atom is 0.226 e. The number of aliphatic hydroxyl groups is 1. The molecule has 0 radical (unpaired) electrons. The van der Waals surface area contributed by atoms with Gasteiger partial charge < -0.3 is 15.2 Å². The fraction of sp³-hybridized carbons (Fsp3) is 0.632. The van der Waals surface area contributed by atoms with E-state index < -0.39 is 6.10 Å². The van der Waals surface area contributed by atoms with Crippen LogP contribution < -0.4 is 5.32 Å². The van der Waals surface area contributed by atoms with Gasteiger partial charge in [-0.2, -0.15) is 0 Å². The van der Waals surface area contributed by atoms with Crippen LogP contribution in [0.5, 0.6) is 0 Å². The van der Waals surface area contributed by atoms with Crippen LogP contribution in [0.4, 0.5) is 0 Å². The Morgan fingerprint density at radius 3 is 2.65 bits per heavy atom. The summed E-state index contributed by atoms with van der Waals surface area (Å²) in [5, 5.41) is 13.3. The number of nitrogens with one attached hydrogen (secondary N) is 1. The fourth-order valence-corrected chi connectivity index (χ4v) is 3.28. The number of hydrogen-bond acceptors (Lipinski definition) is 3. The van der Waals surface area contributed by atoms with Crippen LogP contribution in [0, 0.1) is 11.8 Å². The van der Waals surface area contributed by atoms with Crippen molar-refractivity contribution in [3.63, 3.8) is 0 Å². The van der Waals surface area contributed by atoms with Gasteiger partial charge >= 0.3 is 0 Å². The second kappa shape index (κ2) is 8.46. The van der Waals surface area contributed by atoms with Crippen molar-refractivity contribution in [2.45, 2.75) is 51.7 Å². The minimum atomic E-state index is -0.524. The van der Waals surface area contributed by atoms with Crippen molar-refractivity contribution < 1.29 is 14.6 Å². The minimum Gasteiger partial charge on any atom is -0.391 e. The van der Waals surface area contributed by atoms with Crippen molar-refractivity contribution in [1.29, 1.82) is 0 Å². The molecular formula is C19H29NO3. The quantitative estimate of drug-likeness (QED) is 0.847. The highest BCUT2D eigenvalue weighted by Gasteiger charge is 2.34. The first-order valence-electron chi connectivity index (χ1n) is 8.65. The molecule has 1 saturated heterocycles. The van der Waals surface area contributed by atoms with E-state index in [0.29, 0.717) is 19.6 Å². The van der Waals surface area contributed by atoms with Gasteiger partial charge in [-0.1, -0.05) is 51.1 Å². The highest BCUT2D eigenvalue weighted by molar-refractivity contribution is 5.80. The predicted molar refractivity (Wildman–Crippen MR) is 91.2 cm³/mol. The van der Waals surface area contributed by atoms with E-state index in [9.17, 15) is 9.90 Å². The predicted octanol–water partition coefficient (Wildman–Crippen LogP) is 2.72. The zero-order valence-corrected chi connectivity index (χ0v) is 14.4. The molecule has 4 heteroatoms. The lowest BCUT2D eigenvalue weighted by atomic mass is 9.82. The van der Waals surface area contributed by atoms with Gasteiger partial charge in [0.15, 0.2) is 0 Å². The van der Waals surface area contributed by atoms with Crippen molar-refractivity contribution in [3.8, 4) is 0 Å². The lowest BCUT2D eigenvalue weighted by Crippen LogP contribution is -2.49. The molecule has 4 nitrogen and oxygen atoms in total. The van der Waals surface area contributed by atoms with Crippen molar-refractivity contribution in [3.05, 3.63) is 35.9 Å². The van der Waals surface area contributed by atoms with Crippen molar-refractivity contribution in [2.24, 2.45) is 11.8 Å². The Hall–Kier alpha value is -1.39. The maximum absolute atomic E-state index is 12.8. The Kier molecular flexibility index (Phi) is 6.60. The zero-order chi connectivity index (χ0) is 16.8. The fourth-order valence-electron chi connectivity index (χ4n) is 3.28. The van der Waals surface area contributed by atoms with E-state index >= 15 is 0 Å². The first kappa shape index (κ1) is 18.0. The van der Waals surface area contributed by atoms with Gasteiger partial charge in [0, 0.05) is 6.61 Å². The smallest absolute Gasteiger partial charge is 0.226 e. The van der Waals surface area contributed by atoms with Crippen LogP contribution in [0.1, 0.15) is 45.1 Å². The molecule has 2 unspecified atom stereocenters. The third-order valence-electron chi connectivity index (χ3n) is 4.78. The van der Waals surface area contributed by atoms with E-state index in [2.05, 4.69) is 17.4 Å². The van der Waals surface area contributed by atoms with Gasteiger partial charge in [0.25, 0.3) is 0 Å². The summed E-state index contributed by atoms with van der Waals surface area (Å²) in [4.78, 5) is 12.8. The van der Waals surface area contributed by atoms with Gasteiger partial charge in [0.05, 0.1) is 24.7 Å². The highest BCUT2D eigenvalue weighted by atomic mass is 16.5. The van der Waals surface area contributed by atoms with E-state index in [1.54, 1.807) is 0 Å². The summed E-state index contributed by atoms with van der Waals surface area (Å²) >= 11 is 0. The SMILES string of the molecule is CCC(NC(=O)[C@@H]1COCC[C@@H]1c1ccccc1)C(O)C(C)C. The molecule has 2 rings (SSSR count). The van der Waals surface area contributed by atoms with Gasteiger partial charge in [-0.3, -0.25) is 4.79 Å². The van der Waals surface area contributed by atoms with Crippen LogP contribution in [0.25, 0.3) is 0 Å².